The second-order valence-corrected chi connectivity index (χ2v) is 4.96. The van der Waals surface area contributed by atoms with Crippen molar-refractivity contribution in [3.63, 3.8) is 0 Å². The van der Waals surface area contributed by atoms with Gasteiger partial charge < -0.3 is 15.3 Å². The minimum atomic E-state index is -0.780. The molecule has 4 nitrogen and oxygen atoms in total. The summed E-state index contributed by atoms with van der Waals surface area (Å²) in [6, 6.07) is 0. The van der Waals surface area contributed by atoms with Gasteiger partial charge in [0.1, 0.15) is 0 Å². The van der Waals surface area contributed by atoms with Crippen molar-refractivity contribution in [2.45, 2.75) is 37.6 Å². The second kappa shape index (κ2) is 4.00. The van der Waals surface area contributed by atoms with Gasteiger partial charge in [0.25, 0.3) is 0 Å². The van der Waals surface area contributed by atoms with E-state index in [1.54, 1.807) is 11.9 Å². The molecule has 0 radical (unpaired) electrons. The molecule has 15 heavy (non-hydrogen) atoms. The first-order valence-electron chi connectivity index (χ1n) is 5.81. The van der Waals surface area contributed by atoms with Crippen LogP contribution in [0.25, 0.3) is 0 Å². The van der Waals surface area contributed by atoms with Crippen LogP contribution >= 0.6 is 0 Å². The van der Waals surface area contributed by atoms with E-state index >= 15 is 0 Å². The van der Waals surface area contributed by atoms with Crippen LogP contribution < -0.4 is 5.32 Å². The van der Waals surface area contributed by atoms with Crippen molar-refractivity contribution in [1.29, 1.82) is 0 Å². The molecule has 1 aliphatic carbocycles. The largest absolute Gasteiger partial charge is 0.465 e. The number of nitrogens with one attached hydrogen (secondary N) is 1. The molecule has 0 aromatic rings. The van der Waals surface area contributed by atoms with Gasteiger partial charge in [-0.25, -0.2) is 4.79 Å². The third kappa shape index (κ3) is 2.25. The van der Waals surface area contributed by atoms with Crippen molar-refractivity contribution in [2.24, 2.45) is 5.92 Å². The van der Waals surface area contributed by atoms with E-state index in [-0.39, 0.29) is 5.54 Å². The first-order valence-corrected chi connectivity index (χ1v) is 5.81. The number of carbonyl (C=O) groups is 1. The lowest BCUT2D eigenvalue weighted by Gasteiger charge is -2.43. The van der Waals surface area contributed by atoms with Crippen LogP contribution in [0.5, 0.6) is 0 Å². The fraction of sp³-hybridized carbons (Fsp3) is 0.909. The summed E-state index contributed by atoms with van der Waals surface area (Å²) >= 11 is 0. The quantitative estimate of drug-likeness (QED) is 0.745. The zero-order valence-electron chi connectivity index (χ0n) is 9.33. The zero-order valence-corrected chi connectivity index (χ0v) is 9.33. The molecule has 1 heterocycles. The van der Waals surface area contributed by atoms with Crippen LogP contribution in [0.1, 0.15) is 32.1 Å². The number of piperidine rings is 1. The van der Waals surface area contributed by atoms with Gasteiger partial charge >= 0.3 is 6.09 Å². The summed E-state index contributed by atoms with van der Waals surface area (Å²) < 4.78 is 0. The highest BCUT2D eigenvalue weighted by atomic mass is 16.4. The van der Waals surface area contributed by atoms with Gasteiger partial charge in [-0.05, 0) is 38.3 Å². The summed E-state index contributed by atoms with van der Waals surface area (Å²) in [5.74, 6) is 0.782. The van der Waals surface area contributed by atoms with E-state index in [1.807, 2.05) is 0 Å². The fourth-order valence-electron chi connectivity index (χ4n) is 2.63. The standard InChI is InChI=1S/C11H20N2O2/c1-13(10(14)15)11(8-9-2-3-9)4-6-12-7-5-11/h9,12H,2-8H2,1H3,(H,14,15). The molecule has 86 valence electrons. The normalized spacial score (nSPS) is 24.9. The maximum Gasteiger partial charge on any atom is 0.407 e. The Balaban J connectivity index is 2.08. The monoisotopic (exact) mass is 212 g/mol. The molecule has 0 aromatic carbocycles. The summed E-state index contributed by atoms with van der Waals surface area (Å²) in [5, 5.41) is 12.4. The van der Waals surface area contributed by atoms with Crippen molar-refractivity contribution in [2.75, 3.05) is 20.1 Å². The summed E-state index contributed by atoms with van der Waals surface area (Å²) in [5.41, 5.74) is -0.0851. The predicted molar refractivity (Wildman–Crippen MR) is 58.0 cm³/mol. The van der Waals surface area contributed by atoms with Gasteiger partial charge in [-0.2, -0.15) is 0 Å². The third-order valence-electron chi connectivity index (χ3n) is 3.90. The summed E-state index contributed by atoms with van der Waals surface area (Å²) in [6.07, 6.45) is 4.80. The molecule has 1 saturated carbocycles. The lowest BCUT2D eigenvalue weighted by molar-refractivity contribution is 0.0621. The van der Waals surface area contributed by atoms with Gasteiger partial charge in [0.05, 0.1) is 0 Å². The lowest BCUT2D eigenvalue weighted by atomic mass is 9.82. The van der Waals surface area contributed by atoms with Gasteiger partial charge in [-0.1, -0.05) is 12.8 Å². The maximum atomic E-state index is 11.1. The molecule has 4 heteroatoms. The average molecular weight is 212 g/mol. The first kappa shape index (κ1) is 10.7. The molecule has 1 amide bonds. The summed E-state index contributed by atoms with van der Waals surface area (Å²) in [7, 11) is 1.73. The molecule has 2 aliphatic rings. The van der Waals surface area contributed by atoms with Crippen molar-refractivity contribution in [1.82, 2.24) is 10.2 Å². The smallest absolute Gasteiger partial charge is 0.407 e. The summed E-state index contributed by atoms with van der Waals surface area (Å²) in [6.45, 7) is 1.90. The number of hydrogen-bond donors (Lipinski definition) is 2. The van der Waals surface area contributed by atoms with Crippen molar-refractivity contribution < 1.29 is 9.90 Å². The highest BCUT2D eigenvalue weighted by molar-refractivity contribution is 5.65. The molecule has 0 unspecified atom stereocenters. The van der Waals surface area contributed by atoms with Gasteiger partial charge in [-0.15, -0.1) is 0 Å². The Morgan fingerprint density at radius 3 is 2.53 bits per heavy atom. The Labute approximate surface area is 90.6 Å². The van der Waals surface area contributed by atoms with Crippen molar-refractivity contribution in [3.05, 3.63) is 0 Å². The van der Waals surface area contributed by atoms with Crippen LogP contribution in [0.15, 0.2) is 0 Å². The van der Waals surface area contributed by atoms with Crippen LogP contribution in [0.2, 0.25) is 0 Å². The average Bonchev–Trinajstić information content (AvgIpc) is 3.02. The molecule has 0 atom stereocenters. The van der Waals surface area contributed by atoms with Crippen LogP contribution in [-0.2, 0) is 0 Å². The molecule has 2 rings (SSSR count). The van der Waals surface area contributed by atoms with Crippen LogP contribution in [0, 0.1) is 5.92 Å². The number of hydrogen-bond acceptors (Lipinski definition) is 2. The van der Waals surface area contributed by atoms with E-state index in [1.165, 1.54) is 12.8 Å². The number of amides is 1. The van der Waals surface area contributed by atoms with E-state index < -0.39 is 6.09 Å². The van der Waals surface area contributed by atoms with Gasteiger partial charge in [-0.3, -0.25) is 0 Å². The topological polar surface area (TPSA) is 52.6 Å². The Morgan fingerprint density at radius 1 is 1.47 bits per heavy atom. The molecule has 2 N–H and O–H groups in total. The maximum absolute atomic E-state index is 11.1. The van der Waals surface area contributed by atoms with Gasteiger partial charge in [0, 0.05) is 12.6 Å². The molecule has 1 aliphatic heterocycles. The van der Waals surface area contributed by atoms with E-state index in [9.17, 15) is 4.79 Å². The van der Waals surface area contributed by atoms with E-state index in [0.717, 1.165) is 38.3 Å². The molecule has 2 fully saturated rings. The predicted octanol–water partition coefficient (Wildman–Crippen LogP) is 1.52. The Kier molecular flexibility index (Phi) is 2.87. The Bertz CT molecular complexity index is 245. The van der Waals surface area contributed by atoms with E-state index in [0.29, 0.717) is 0 Å². The first-order chi connectivity index (χ1) is 7.14. The van der Waals surface area contributed by atoms with Crippen molar-refractivity contribution in [3.8, 4) is 0 Å². The number of nitrogens with zero attached hydrogens (tertiary/aromatic N) is 1. The molecule has 0 bridgehead atoms. The van der Waals surface area contributed by atoms with E-state index in [4.69, 9.17) is 5.11 Å². The molecule has 0 spiro atoms. The van der Waals surface area contributed by atoms with E-state index in [2.05, 4.69) is 5.32 Å². The van der Waals surface area contributed by atoms with Crippen LogP contribution in [0.4, 0.5) is 4.79 Å². The lowest BCUT2D eigenvalue weighted by Crippen LogP contribution is -2.55. The molecule has 0 aromatic heterocycles. The second-order valence-electron chi connectivity index (χ2n) is 4.96. The zero-order chi connectivity index (χ0) is 10.9. The third-order valence-corrected chi connectivity index (χ3v) is 3.90. The fourth-order valence-corrected chi connectivity index (χ4v) is 2.63. The SMILES string of the molecule is CN(C(=O)O)C1(CC2CC2)CCNCC1. The van der Waals surface area contributed by atoms with Crippen molar-refractivity contribution >= 4 is 6.09 Å². The van der Waals surface area contributed by atoms with Crippen LogP contribution in [0.3, 0.4) is 0 Å². The Hall–Kier alpha value is -0.770. The number of rotatable bonds is 3. The summed E-state index contributed by atoms with van der Waals surface area (Å²) in [4.78, 5) is 12.7. The highest BCUT2D eigenvalue weighted by Gasteiger charge is 2.42. The van der Waals surface area contributed by atoms with Gasteiger partial charge in [0.15, 0.2) is 0 Å². The molecular weight excluding hydrogens is 192 g/mol. The highest BCUT2D eigenvalue weighted by Crippen LogP contribution is 2.42. The Morgan fingerprint density at radius 2 is 2.07 bits per heavy atom. The minimum absolute atomic E-state index is 0.0851. The number of carboxylic acid groups (broad SMARTS) is 1. The molecule has 1 saturated heterocycles. The molecular formula is C11H20N2O2. The van der Waals surface area contributed by atoms with Crippen LogP contribution in [-0.4, -0.2) is 41.8 Å². The minimum Gasteiger partial charge on any atom is -0.465 e. The van der Waals surface area contributed by atoms with Gasteiger partial charge in [0.2, 0.25) is 0 Å².